The minimum Gasteiger partial charge on any atom is -0.368 e. The molecule has 1 aliphatic rings. The van der Waals surface area contributed by atoms with Gasteiger partial charge in [0, 0.05) is 13.0 Å². The first-order valence-corrected chi connectivity index (χ1v) is 4.48. The maximum Gasteiger partial charge on any atom is 0.246 e. The number of nitrogens with zero attached hydrogens (tertiary/aromatic N) is 1. The summed E-state index contributed by atoms with van der Waals surface area (Å²) in [5.41, 5.74) is 7.54. The molecule has 0 aliphatic carbocycles. The maximum atomic E-state index is 10.3. The summed E-state index contributed by atoms with van der Waals surface area (Å²) in [5.74, 6) is 0.334. The van der Waals surface area contributed by atoms with Gasteiger partial charge in [0.15, 0.2) is 6.61 Å². The molecule has 0 aromatic heterocycles. The third-order valence-electron chi connectivity index (χ3n) is 1.78. The summed E-state index contributed by atoms with van der Waals surface area (Å²) < 4.78 is 0. The molecule has 0 spiro atoms. The van der Waals surface area contributed by atoms with Crippen molar-refractivity contribution in [3.8, 4) is 0 Å². The van der Waals surface area contributed by atoms with Crippen LogP contribution in [-0.4, -0.2) is 24.9 Å². The van der Waals surface area contributed by atoms with Crippen molar-refractivity contribution < 1.29 is 9.63 Å². The average molecular weight is 185 g/mol. The molecular formula is C8H15N3O2. The zero-order valence-corrected chi connectivity index (χ0v) is 7.58. The van der Waals surface area contributed by atoms with Crippen LogP contribution in [0.25, 0.3) is 0 Å². The van der Waals surface area contributed by atoms with Gasteiger partial charge in [0.25, 0.3) is 0 Å². The molecular weight excluding hydrogens is 170 g/mol. The summed E-state index contributed by atoms with van der Waals surface area (Å²) >= 11 is 0. The van der Waals surface area contributed by atoms with Crippen LogP contribution in [-0.2, 0) is 9.63 Å². The molecule has 0 aromatic carbocycles. The Morgan fingerprint density at radius 1 is 1.54 bits per heavy atom. The molecule has 5 heteroatoms. The second-order valence-electron chi connectivity index (χ2n) is 3.00. The Morgan fingerprint density at radius 2 is 2.38 bits per heavy atom. The van der Waals surface area contributed by atoms with E-state index in [1.165, 1.54) is 6.42 Å². The van der Waals surface area contributed by atoms with Crippen LogP contribution < -0.4 is 11.2 Å². The number of primary amides is 1. The van der Waals surface area contributed by atoms with E-state index in [4.69, 9.17) is 10.6 Å². The maximum absolute atomic E-state index is 10.3. The summed E-state index contributed by atoms with van der Waals surface area (Å²) in [7, 11) is 0. The summed E-state index contributed by atoms with van der Waals surface area (Å²) in [6.45, 7) is 0.723. The quantitative estimate of drug-likeness (QED) is 0.606. The number of amides is 1. The smallest absolute Gasteiger partial charge is 0.246 e. The second-order valence-corrected chi connectivity index (χ2v) is 3.00. The molecule has 1 aliphatic heterocycles. The fourth-order valence-electron chi connectivity index (χ4n) is 1.15. The molecule has 0 bridgehead atoms. The van der Waals surface area contributed by atoms with Crippen LogP contribution in [0.1, 0.15) is 25.7 Å². The molecule has 0 saturated heterocycles. The zero-order chi connectivity index (χ0) is 9.52. The van der Waals surface area contributed by atoms with Crippen LogP contribution in [0.2, 0.25) is 0 Å². The van der Waals surface area contributed by atoms with Gasteiger partial charge in [-0.25, -0.2) is 0 Å². The predicted octanol–water partition coefficient (Wildman–Crippen LogP) is -0.0346. The Hall–Kier alpha value is -1.10. The first-order chi connectivity index (χ1) is 6.29. The molecule has 0 unspecified atom stereocenters. The molecule has 3 N–H and O–H groups in total. The third kappa shape index (κ3) is 4.47. The lowest BCUT2D eigenvalue weighted by molar-refractivity contribution is -0.123. The van der Waals surface area contributed by atoms with Crippen LogP contribution in [0, 0.1) is 0 Å². The van der Waals surface area contributed by atoms with E-state index >= 15 is 0 Å². The molecule has 0 fully saturated rings. The lowest BCUT2D eigenvalue weighted by Gasteiger charge is -2.06. The number of carbonyl (C=O) groups excluding carboxylic acids is 1. The number of hydrogen-bond donors (Lipinski definition) is 2. The molecule has 0 atom stereocenters. The van der Waals surface area contributed by atoms with Crippen LogP contribution in [0.5, 0.6) is 0 Å². The van der Waals surface area contributed by atoms with E-state index in [1.807, 2.05) is 0 Å². The van der Waals surface area contributed by atoms with E-state index in [-0.39, 0.29) is 6.61 Å². The first-order valence-electron chi connectivity index (χ1n) is 4.48. The molecule has 0 radical (unpaired) electrons. The van der Waals surface area contributed by atoms with Gasteiger partial charge in [-0.1, -0.05) is 6.42 Å². The Labute approximate surface area is 77.3 Å². The Balaban J connectivity index is 2.18. The third-order valence-corrected chi connectivity index (χ3v) is 1.78. The standard InChI is InChI=1S/C8H15N3O2/c9-7(12)6-13-11-8-4-2-1-3-5-10-8/h1-6H2,(H2,9,12)(H,10,11). The molecule has 74 valence electrons. The zero-order valence-electron chi connectivity index (χ0n) is 7.58. The fourth-order valence-corrected chi connectivity index (χ4v) is 1.15. The van der Waals surface area contributed by atoms with E-state index in [2.05, 4.69) is 10.5 Å². The van der Waals surface area contributed by atoms with Gasteiger partial charge in [-0.05, 0) is 12.8 Å². The van der Waals surface area contributed by atoms with Crippen LogP contribution in [0.4, 0.5) is 0 Å². The SMILES string of the molecule is NC(=O)CONC1=NCCCCC1. The monoisotopic (exact) mass is 185 g/mol. The highest BCUT2D eigenvalue weighted by Crippen LogP contribution is 2.05. The van der Waals surface area contributed by atoms with Gasteiger partial charge >= 0.3 is 0 Å². The number of nitrogens with two attached hydrogens (primary N) is 1. The van der Waals surface area contributed by atoms with Gasteiger partial charge in [-0.2, -0.15) is 0 Å². The summed E-state index contributed by atoms with van der Waals surface area (Å²) in [6, 6.07) is 0. The molecule has 1 heterocycles. The van der Waals surface area contributed by atoms with Gasteiger partial charge in [-0.15, -0.1) is 0 Å². The van der Waals surface area contributed by atoms with Crippen LogP contribution in [0.15, 0.2) is 4.99 Å². The topological polar surface area (TPSA) is 76.7 Å². The number of rotatable bonds is 3. The van der Waals surface area contributed by atoms with E-state index in [1.54, 1.807) is 0 Å². The lowest BCUT2D eigenvalue weighted by atomic mass is 10.2. The molecule has 13 heavy (non-hydrogen) atoms. The van der Waals surface area contributed by atoms with Crippen molar-refractivity contribution in [3.05, 3.63) is 0 Å². The van der Waals surface area contributed by atoms with Crippen molar-refractivity contribution in [2.24, 2.45) is 10.7 Å². The van der Waals surface area contributed by atoms with E-state index < -0.39 is 5.91 Å². The minimum atomic E-state index is -0.485. The van der Waals surface area contributed by atoms with Gasteiger partial charge in [0.2, 0.25) is 5.91 Å². The number of carbonyl (C=O) groups is 1. The number of aliphatic imine (C=N–C) groups is 1. The summed E-state index contributed by atoms with van der Waals surface area (Å²) in [5, 5.41) is 0. The predicted molar refractivity (Wildman–Crippen MR) is 49.1 cm³/mol. The van der Waals surface area contributed by atoms with E-state index in [0.717, 1.165) is 31.6 Å². The number of nitrogens with one attached hydrogen (secondary N) is 1. The molecule has 0 saturated carbocycles. The van der Waals surface area contributed by atoms with Gasteiger partial charge in [0.1, 0.15) is 5.84 Å². The Kier molecular flexibility index (Phi) is 4.25. The van der Waals surface area contributed by atoms with E-state index in [9.17, 15) is 4.79 Å². The second kappa shape index (κ2) is 5.53. The highest BCUT2D eigenvalue weighted by molar-refractivity contribution is 5.81. The van der Waals surface area contributed by atoms with E-state index in [0.29, 0.717) is 0 Å². The highest BCUT2D eigenvalue weighted by Gasteiger charge is 2.03. The summed E-state index contributed by atoms with van der Waals surface area (Å²) in [6.07, 6.45) is 4.33. The molecule has 1 rings (SSSR count). The average Bonchev–Trinajstić information content (AvgIpc) is 2.32. The van der Waals surface area contributed by atoms with Crippen molar-refractivity contribution in [3.63, 3.8) is 0 Å². The minimum absolute atomic E-state index is 0.112. The van der Waals surface area contributed by atoms with Crippen LogP contribution in [0.3, 0.4) is 0 Å². The van der Waals surface area contributed by atoms with Crippen molar-refractivity contribution in [2.45, 2.75) is 25.7 Å². The largest absolute Gasteiger partial charge is 0.368 e. The van der Waals surface area contributed by atoms with Crippen molar-refractivity contribution >= 4 is 11.7 Å². The first kappa shape index (κ1) is 9.98. The van der Waals surface area contributed by atoms with Crippen molar-refractivity contribution in [1.29, 1.82) is 0 Å². The lowest BCUT2D eigenvalue weighted by Crippen LogP contribution is -2.29. The summed E-state index contributed by atoms with van der Waals surface area (Å²) in [4.78, 5) is 19.4. The highest BCUT2D eigenvalue weighted by atomic mass is 16.6. The number of hydrogen-bond acceptors (Lipinski definition) is 4. The van der Waals surface area contributed by atoms with Crippen molar-refractivity contribution in [2.75, 3.05) is 13.2 Å². The van der Waals surface area contributed by atoms with Crippen molar-refractivity contribution in [1.82, 2.24) is 5.48 Å². The molecule has 0 aromatic rings. The van der Waals surface area contributed by atoms with Gasteiger partial charge in [0.05, 0.1) is 0 Å². The number of hydroxylamine groups is 1. The molecule has 5 nitrogen and oxygen atoms in total. The normalized spacial score (nSPS) is 17.4. The van der Waals surface area contributed by atoms with Gasteiger partial charge < -0.3 is 5.73 Å². The van der Waals surface area contributed by atoms with Crippen LogP contribution >= 0.6 is 0 Å². The fraction of sp³-hybridized carbons (Fsp3) is 0.750. The number of amidine groups is 1. The Bertz CT molecular complexity index is 204. The Morgan fingerprint density at radius 3 is 3.15 bits per heavy atom. The van der Waals surface area contributed by atoms with Gasteiger partial charge in [-0.3, -0.25) is 20.1 Å². The molecule has 1 amide bonds.